The van der Waals surface area contributed by atoms with E-state index in [9.17, 15) is 9.59 Å². The molecular formula is C12H16ClN3O2. The molecule has 0 saturated heterocycles. The summed E-state index contributed by atoms with van der Waals surface area (Å²) in [5.41, 5.74) is 4.84. The fraction of sp³-hybridized carbons (Fsp3) is 0.333. The molecule has 0 aliphatic heterocycles. The summed E-state index contributed by atoms with van der Waals surface area (Å²) < 4.78 is 0. The minimum Gasteiger partial charge on any atom is -0.336 e. The van der Waals surface area contributed by atoms with Crippen LogP contribution in [0.25, 0.3) is 0 Å². The van der Waals surface area contributed by atoms with Gasteiger partial charge in [0.25, 0.3) is 5.91 Å². The van der Waals surface area contributed by atoms with Crippen molar-refractivity contribution in [3.63, 3.8) is 0 Å². The molecular weight excluding hydrogens is 254 g/mol. The molecule has 0 aromatic heterocycles. The molecule has 0 fully saturated rings. The Morgan fingerprint density at radius 1 is 1.22 bits per heavy atom. The zero-order valence-electron chi connectivity index (χ0n) is 10.3. The lowest BCUT2D eigenvalue weighted by molar-refractivity contribution is 0.0936. The van der Waals surface area contributed by atoms with E-state index in [1.165, 1.54) is 0 Å². The largest absolute Gasteiger partial charge is 0.336 e. The van der Waals surface area contributed by atoms with E-state index >= 15 is 0 Å². The topological polar surface area (TPSA) is 70.2 Å². The monoisotopic (exact) mass is 269 g/mol. The predicted molar refractivity (Wildman–Crippen MR) is 70.3 cm³/mol. The van der Waals surface area contributed by atoms with E-state index in [0.717, 1.165) is 0 Å². The molecule has 0 spiro atoms. The third-order valence-electron chi connectivity index (χ3n) is 2.08. The molecule has 1 rings (SSSR count). The molecule has 1 aromatic rings. The lowest BCUT2D eigenvalue weighted by Crippen LogP contribution is -2.47. The average molecular weight is 270 g/mol. The fourth-order valence-corrected chi connectivity index (χ4v) is 1.39. The Labute approximate surface area is 111 Å². The van der Waals surface area contributed by atoms with Crippen LogP contribution < -0.4 is 16.2 Å². The van der Waals surface area contributed by atoms with Gasteiger partial charge < -0.3 is 5.32 Å². The number of amides is 3. The summed E-state index contributed by atoms with van der Waals surface area (Å²) in [6.07, 6.45) is 0. The van der Waals surface area contributed by atoms with Crippen molar-refractivity contribution in [3.8, 4) is 0 Å². The van der Waals surface area contributed by atoms with E-state index in [-0.39, 0.29) is 0 Å². The summed E-state index contributed by atoms with van der Waals surface area (Å²) in [5, 5.41) is 2.94. The van der Waals surface area contributed by atoms with Gasteiger partial charge in [-0.05, 0) is 18.1 Å². The minimum atomic E-state index is -0.458. The Balaban J connectivity index is 2.42. The van der Waals surface area contributed by atoms with Crippen LogP contribution in [-0.2, 0) is 0 Å². The van der Waals surface area contributed by atoms with Crippen LogP contribution in [0.1, 0.15) is 24.2 Å². The Hall–Kier alpha value is -1.75. The number of nitrogens with one attached hydrogen (secondary N) is 3. The normalized spacial score (nSPS) is 10.0. The third kappa shape index (κ3) is 4.63. The molecule has 5 nitrogen and oxygen atoms in total. The van der Waals surface area contributed by atoms with Crippen molar-refractivity contribution in [3.05, 3.63) is 34.9 Å². The second kappa shape index (κ2) is 6.86. The van der Waals surface area contributed by atoms with E-state index in [1.807, 2.05) is 13.8 Å². The summed E-state index contributed by atoms with van der Waals surface area (Å²) in [6, 6.07) is 6.14. The fourth-order valence-electron chi connectivity index (χ4n) is 1.17. The minimum absolute atomic E-state index is 0.309. The zero-order chi connectivity index (χ0) is 13.5. The molecule has 98 valence electrons. The number of benzene rings is 1. The number of urea groups is 1. The SMILES string of the molecule is CC(C)CNC(=O)NNC(=O)c1ccccc1Cl. The number of halogens is 1. The average Bonchev–Trinajstić information content (AvgIpc) is 2.34. The van der Waals surface area contributed by atoms with Crippen LogP contribution in [0.5, 0.6) is 0 Å². The van der Waals surface area contributed by atoms with E-state index < -0.39 is 11.9 Å². The first-order chi connectivity index (χ1) is 8.50. The van der Waals surface area contributed by atoms with Gasteiger partial charge in [-0.1, -0.05) is 37.6 Å². The highest BCUT2D eigenvalue weighted by atomic mass is 35.5. The molecule has 3 amide bonds. The molecule has 0 bridgehead atoms. The van der Waals surface area contributed by atoms with E-state index in [0.29, 0.717) is 23.0 Å². The van der Waals surface area contributed by atoms with E-state index in [4.69, 9.17) is 11.6 Å². The summed E-state index contributed by atoms with van der Waals surface area (Å²) in [6.45, 7) is 4.49. The smallest absolute Gasteiger partial charge is 0.333 e. The number of carbonyl (C=O) groups is 2. The number of hydrazine groups is 1. The Kier molecular flexibility index (Phi) is 5.45. The molecule has 0 saturated carbocycles. The standard InChI is InChI=1S/C12H16ClN3O2/c1-8(2)7-14-12(18)16-15-11(17)9-5-3-4-6-10(9)13/h3-6,8H,7H2,1-2H3,(H,15,17)(H2,14,16,18). The van der Waals surface area contributed by atoms with Crippen LogP contribution in [0.15, 0.2) is 24.3 Å². The van der Waals surface area contributed by atoms with Crippen LogP contribution in [-0.4, -0.2) is 18.5 Å². The van der Waals surface area contributed by atoms with Crippen molar-refractivity contribution in [2.24, 2.45) is 5.92 Å². The number of carbonyl (C=O) groups excluding carboxylic acids is 2. The van der Waals surface area contributed by atoms with Crippen molar-refractivity contribution < 1.29 is 9.59 Å². The second-order valence-corrected chi connectivity index (χ2v) is 4.57. The predicted octanol–water partition coefficient (Wildman–Crippen LogP) is 1.94. The molecule has 0 aliphatic rings. The molecule has 0 atom stereocenters. The highest BCUT2D eigenvalue weighted by Crippen LogP contribution is 2.13. The van der Waals surface area contributed by atoms with Gasteiger partial charge in [-0.15, -0.1) is 0 Å². The highest BCUT2D eigenvalue weighted by molar-refractivity contribution is 6.33. The highest BCUT2D eigenvalue weighted by Gasteiger charge is 2.10. The van der Waals surface area contributed by atoms with Gasteiger partial charge in [-0.3, -0.25) is 10.2 Å². The zero-order valence-corrected chi connectivity index (χ0v) is 11.0. The first-order valence-electron chi connectivity index (χ1n) is 5.59. The van der Waals surface area contributed by atoms with Gasteiger partial charge in [0.1, 0.15) is 0 Å². The maximum atomic E-state index is 11.7. The van der Waals surface area contributed by atoms with Gasteiger partial charge in [0, 0.05) is 6.54 Å². The Bertz CT molecular complexity index is 435. The third-order valence-corrected chi connectivity index (χ3v) is 2.41. The van der Waals surface area contributed by atoms with Gasteiger partial charge in [0.2, 0.25) is 0 Å². The molecule has 1 aromatic carbocycles. The second-order valence-electron chi connectivity index (χ2n) is 4.16. The first kappa shape index (κ1) is 14.3. The summed E-state index contributed by atoms with van der Waals surface area (Å²) in [4.78, 5) is 23.0. The number of hydrogen-bond donors (Lipinski definition) is 3. The van der Waals surface area contributed by atoms with Crippen molar-refractivity contribution >= 4 is 23.5 Å². The molecule has 0 aliphatic carbocycles. The summed E-state index contributed by atoms with van der Waals surface area (Å²) in [5.74, 6) is -0.115. The van der Waals surface area contributed by atoms with Crippen LogP contribution in [0.3, 0.4) is 0 Å². The van der Waals surface area contributed by atoms with Crippen molar-refractivity contribution in [1.82, 2.24) is 16.2 Å². The maximum Gasteiger partial charge on any atom is 0.333 e. The Morgan fingerprint density at radius 2 is 1.89 bits per heavy atom. The molecule has 0 unspecified atom stereocenters. The Morgan fingerprint density at radius 3 is 2.50 bits per heavy atom. The first-order valence-corrected chi connectivity index (χ1v) is 5.97. The van der Waals surface area contributed by atoms with Crippen molar-refractivity contribution in [1.29, 1.82) is 0 Å². The van der Waals surface area contributed by atoms with Crippen molar-refractivity contribution in [2.75, 3.05) is 6.54 Å². The molecule has 6 heteroatoms. The maximum absolute atomic E-state index is 11.7. The van der Waals surface area contributed by atoms with Crippen LogP contribution in [0.2, 0.25) is 5.02 Å². The summed E-state index contributed by atoms with van der Waals surface area (Å²) in [7, 11) is 0. The van der Waals surface area contributed by atoms with Gasteiger partial charge in [0.05, 0.1) is 10.6 Å². The molecule has 0 heterocycles. The van der Waals surface area contributed by atoms with Gasteiger partial charge in [-0.2, -0.15) is 0 Å². The van der Waals surface area contributed by atoms with Gasteiger partial charge in [-0.25, -0.2) is 10.2 Å². The van der Waals surface area contributed by atoms with Crippen LogP contribution in [0.4, 0.5) is 4.79 Å². The van der Waals surface area contributed by atoms with Crippen molar-refractivity contribution in [2.45, 2.75) is 13.8 Å². The number of rotatable bonds is 3. The van der Waals surface area contributed by atoms with Gasteiger partial charge in [0.15, 0.2) is 0 Å². The summed E-state index contributed by atoms with van der Waals surface area (Å²) >= 11 is 5.85. The van der Waals surface area contributed by atoms with Gasteiger partial charge >= 0.3 is 6.03 Å². The lowest BCUT2D eigenvalue weighted by Gasteiger charge is -2.10. The van der Waals surface area contributed by atoms with Crippen LogP contribution >= 0.6 is 11.6 Å². The molecule has 3 N–H and O–H groups in total. The molecule has 0 radical (unpaired) electrons. The lowest BCUT2D eigenvalue weighted by atomic mass is 10.2. The van der Waals surface area contributed by atoms with Crippen LogP contribution in [0, 0.1) is 5.92 Å². The quantitative estimate of drug-likeness (QED) is 0.734. The van der Waals surface area contributed by atoms with E-state index in [2.05, 4.69) is 16.2 Å². The van der Waals surface area contributed by atoms with E-state index in [1.54, 1.807) is 24.3 Å². The number of hydrogen-bond acceptors (Lipinski definition) is 2. The molecule has 18 heavy (non-hydrogen) atoms.